The van der Waals surface area contributed by atoms with Crippen LogP contribution in [0, 0.1) is 16.7 Å². The van der Waals surface area contributed by atoms with Crippen molar-refractivity contribution >= 4 is 9.84 Å². The molecule has 0 aromatic rings. The molecule has 0 aromatic heterocycles. The average molecular weight is 261 g/mol. The second kappa shape index (κ2) is 4.54. The van der Waals surface area contributed by atoms with E-state index in [-0.39, 0.29) is 11.0 Å². The molecule has 0 atom stereocenters. The van der Waals surface area contributed by atoms with E-state index < -0.39 is 9.84 Å². The van der Waals surface area contributed by atoms with Gasteiger partial charge >= 0.3 is 0 Å². The standard InChI is InChI=1S/C13H27NO2S/c1-10(2)17(15,16)8-7-14-9-11-12(3,4)13(11,5)6/h10-11,14H,7-9H2,1-6H3. The van der Waals surface area contributed by atoms with E-state index in [1.807, 2.05) is 0 Å². The summed E-state index contributed by atoms with van der Waals surface area (Å²) in [7, 11) is -2.90. The second-order valence-electron chi connectivity index (χ2n) is 6.62. The van der Waals surface area contributed by atoms with Gasteiger partial charge in [-0.2, -0.15) is 0 Å². The topological polar surface area (TPSA) is 46.2 Å². The number of hydrogen-bond donors (Lipinski definition) is 1. The number of rotatable bonds is 6. The summed E-state index contributed by atoms with van der Waals surface area (Å²) in [5, 5.41) is 3.02. The summed E-state index contributed by atoms with van der Waals surface area (Å²) < 4.78 is 23.2. The summed E-state index contributed by atoms with van der Waals surface area (Å²) in [5.41, 5.74) is 0.744. The summed E-state index contributed by atoms with van der Waals surface area (Å²) in [6, 6.07) is 0. The van der Waals surface area contributed by atoms with Crippen LogP contribution in [0.2, 0.25) is 0 Å². The lowest BCUT2D eigenvalue weighted by Crippen LogP contribution is -2.29. The fourth-order valence-corrected chi connectivity index (χ4v) is 3.44. The van der Waals surface area contributed by atoms with E-state index in [1.54, 1.807) is 13.8 Å². The van der Waals surface area contributed by atoms with Crippen LogP contribution in [0.3, 0.4) is 0 Å². The van der Waals surface area contributed by atoms with E-state index in [1.165, 1.54) is 0 Å². The van der Waals surface area contributed by atoms with Gasteiger partial charge in [0.15, 0.2) is 9.84 Å². The van der Waals surface area contributed by atoms with Gasteiger partial charge in [0.25, 0.3) is 0 Å². The Bertz CT molecular complexity index is 355. The van der Waals surface area contributed by atoms with Gasteiger partial charge in [-0.05, 0) is 37.1 Å². The maximum Gasteiger partial charge on any atom is 0.153 e. The van der Waals surface area contributed by atoms with Gasteiger partial charge in [0, 0.05) is 6.54 Å². The predicted molar refractivity (Wildman–Crippen MR) is 72.8 cm³/mol. The van der Waals surface area contributed by atoms with Crippen molar-refractivity contribution in [3.63, 3.8) is 0 Å². The first-order valence-electron chi connectivity index (χ1n) is 6.46. The van der Waals surface area contributed by atoms with Gasteiger partial charge in [-0.15, -0.1) is 0 Å². The molecule has 0 unspecified atom stereocenters. The molecule has 0 spiro atoms. The van der Waals surface area contributed by atoms with Crippen molar-refractivity contribution in [3.8, 4) is 0 Å². The minimum atomic E-state index is -2.90. The van der Waals surface area contributed by atoms with Crippen LogP contribution in [0.25, 0.3) is 0 Å². The molecular weight excluding hydrogens is 234 g/mol. The summed E-state index contributed by atoms with van der Waals surface area (Å²) in [6.07, 6.45) is 0. The third-order valence-electron chi connectivity index (χ3n) is 4.95. The normalized spacial score (nSPS) is 23.0. The van der Waals surface area contributed by atoms with Crippen molar-refractivity contribution in [2.75, 3.05) is 18.8 Å². The lowest BCUT2D eigenvalue weighted by molar-refractivity contribution is 0.457. The van der Waals surface area contributed by atoms with Crippen LogP contribution in [0.1, 0.15) is 41.5 Å². The van der Waals surface area contributed by atoms with Crippen molar-refractivity contribution in [2.45, 2.75) is 46.8 Å². The Labute approximate surface area is 106 Å². The molecule has 102 valence electrons. The highest BCUT2D eigenvalue weighted by Gasteiger charge is 2.63. The molecule has 1 aliphatic rings. The smallest absolute Gasteiger partial charge is 0.153 e. The summed E-state index contributed by atoms with van der Waals surface area (Å²) in [6.45, 7) is 14.1. The average Bonchev–Trinajstić information content (AvgIpc) is 2.53. The first kappa shape index (κ1) is 15.0. The van der Waals surface area contributed by atoms with Gasteiger partial charge in [-0.3, -0.25) is 0 Å². The maximum atomic E-state index is 11.6. The van der Waals surface area contributed by atoms with Crippen LogP contribution >= 0.6 is 0 Å². The molecule has 1 fully saturated rings. The van der Waals surface area contributed by atoms with Crippen molar-refractivity contribution in [1.29, 1.82) is 0 Å². The minimum absolute atomic E-state index is 0.248. The van der Waals surface area contributed by atoms with Gasteiger partial charge < -0.3 is 5.32 Å². The number of hydrogen-bond acceptors (Lipinski definition) is 3. The Hall–Kier alpha value is -0.0900. The monoisotopic (exact) mass is 261 g/mol. The number of sulfone groups is 1. The Balaban J connectivity index is 2.28. The predicted octanol–water partition coefficient (Wildman–Crippen LogP) is 2.08. The van der Waals surface area contributed by atoms with Gasteiger partial charge in [-0.25, -0.2) is 8.42 Å². The zero-order chi connectivity index (χ0) is 13.5. The minimum Gasteiger partial charge on any atom is -0.315 e. The summed E-state index contributed by atoms with van der Waals surface area (Å²) in [5.74, 6) is 0.898. The van der Waals surface area contributed by atoms with Gasteiger partial charge in [-0.1, -0.05) is 27.7 Å². The van der Waals surface area contributed by atoms with Crippen molar-refractivity contribution in [2.24, 2.45) is 16.7 Å². The van der Waals surface area contributed by atoms with Crippen LogP contribution in [-0.2, 0) is 9.84 Å². The molecule has 17 heavy (non-hydrogen) atoms. The molecule has 4 heteroatoms. The molecule has 1 N–H and O–H groups in total. The molecule has 1 rings (SSSR count). The maximum absolute atomic E-state index is 11.6. The zero-order valence-electron chi connectivity index (χ0n) is 12.0. The second-order valence-corrected chi connectivity index (χ2v) is 9.29. The Morgan fingerprint density at radius 3 is 1.94 bits per heavy atom. The Morgan fingerprint density at radius 1 is 1.12 bits per heavy atom. The molecular formula is C13H27NO2S. The third kappa shape index (κ3) is 2.84. The molecule has 0 radical (unpaired) electrons. The quantitative estimate of drug-likeness (QED) is 0.745. The molecule has 0 amide bonds. The highest BCUT2D eigenvalue weighted by molar-refractivity contribution is 7.92. The molecule has 0 saturated heterocycles. The Morgan fingerprint density at radius 2 is 1.59 bits per heavy atom. The summed E-state index contributed by atoms with van der Waals surface area (Å²) >= 11 is 0. The molecule has 0 heterocycles. The molecule has 1 saturated carbocycles. The summed E-state index contributed by atoms with van der Waals surface area (Å²) in [4.78, 5) is 0. The van der Waals surface area contributed by atoms with E-state index in [0.29, 0.717) is 23.3 Å². The van der Waals surface area contributed by atoms with E-state index in [0.717, 1.165) is 6.54 Å². The fraction of sp³-hybridized carbons (Fsp3) is 1.00. The highest BCUT2D eigenvalue weighted by atomic mass is 32.2. The molecule has 3 nitrogen and oxygen atoms in total. The van der Waals surface area contributed by atoms with E-state index in [9.17, 15) is 8.42 Å². The van der Waals surface area contributed by atoms with Crippen LogP contribution in [-0.4, -0.2) is 32.5 Å². The first-order chi connectivity index (χ1) is 7.53. The van der Waals surface area contributed by atoms with Crippen LogP contribution in [0.15, 0.2) is 0 Å². The molecule has 0 aromatic carbocycles. The largest absolute Gasteiger partial charge is 0.315 e. The van der Waals surface area contributed by atoms with E-state index in [4.69, 9.17) is 0 Å². The van der Waals surface area contributed by atoms with Crippen molar-refractivity contribution in [1.82, 2.24) is 5.32 Å². The van der Waals surface area contributed by atoms with Crippen molar-refractivity contribution in [3.05, 3.63) is 0 Å². The van der Waals surface area contributed by atoms with E-state index in [2.05, 4.69) is 33.0 Å². The van der Waals surface area contributed by atoms with Crippen LogP contribution in [0.4, 0.5) is 0 Å². The molecule has 0 bridgehead atoms. The van der Waals surface area contributed by atoms with Gasteiger partial charge in [0.2, 0.25) is 0 Å². The molecule has 1 aliphatic carbocycles. The van der Waals surface area contributed by atoms with Gasteiger partial charge in [0.1, 0.15) is 0 Å². The first-order valence-corrected chi connectivity index (χ1v) is 8.17. The zero-order valence-corrected chi connectivity index (χ0v) is 12.8. The SMILES string of the molecule is CC(C)S(=O)(=O)CCNCC1C(C)(C)C1(C)C. The lowest BCUT2D eigenvalue weighted by atomic mass is 10.0. The lowest BCUT2D eigenvalue weighted by Gasteiger charge is -2.09. The van der Waals surface area contributed by atoms with E-state index >= 15 is 0 Å². The third-order valence-corrected chi connectivity index (χ3v) is 7.16. The van der Waals surface area contributed by atoms with Gasteiger partial charge in [0.05, 0.1) is 11.0 Å². The van der Waals surface area contributed by atoms with Crippen LogP contribution in [0.5, 0.6) is 0 Å². The Kier molecular flexibility index (Phi) is 4.00. The fourth-order valence-electron chi connectivity index (χ4n) is 2.54. The van der Waals surface area contributed by atoms with Crippen LogP contribution < -0.4 is 5.32 Å². The number of nitrogens with one attached hydrogen (secondary N) is 1. The molecule has 0 aliphatic heterocycles. The van der Waals surface area contributed by atoms with Crippen molar-refractivity contribution < 1.29 is 8.42 Å². The highest BCUT2D eigenvalue weighted by Crippen LogP contribution is 2.67.